The number of para-hydroxylation sites is 1. The van der Waals surface area contributed by atoms with Crippen LogP contribution in [-0.2, 0) is 11.2 Å². The zero-order chi connectivity index (χ0) is 20.8. The number of aryl methyl sites for hydroxylation is 1. The van der Waals surface area contributed by atoms with Gasteiger partial charge in [0.05, 0.1) is 12.7 Å². The third-order valence-electron chi connectivity index (χ3n) is 4.39. The van der Waals surface area contributed by atoms with Gasteiger partial charge in [-0.2, -0.15) is 0 Å². The van der Waals surface area contributed by atoms with E-state index in [1.54, 1.807) is 55.6 Å². The number of carbonyl (C=O) groups is 3. The lowest BCUT2D eigenvalue weighted by Crippen LogP contribution is -2.21. The van der Waals surface area contributed by atoms with Crippen molar-refractivity contribution in [2.24, 2.45) is 0 Å². The molecule has 29 heavy (non-hydrogen) atoms. The van der Waals surface area contributed by atoms with Crippen LogP contribution < -0.4 is 16.0 Å². The van der Waals surface area contributed by atoms with Crippen molar-refractivity contribution in [3.8, 4) is 0 Å². The number of hydrogen-bond acceptors (Lipinski definition) is 4. The monoisotopic (exact) mass is 391 g/mol. The first-order chi connectivity index (χ1) is 14.0. The van der Waals surface area contributed by atoms with Gasteiger partial charge < -0.3 is 20.4 Å². The van der Waals surface area contributed by atoms with Crippen molar-refractivity contribution in [1.82, 2.24) is 5.32 Å². The van der Waals surface area contributed by atoms with Gasteiger partial charge in [0.1, 0.15) is 0 Å². The van der Waals surface area contributed by atoms with Crippen LogP contribution in [0.1, 0.15) is 32.0 Å². The van der Waals surface area contributed by atoms with E-state index in [0.717, 1.165) is 5.56 Å². The van der Waals surface area contributed by atoms with E-state index in [4.69, 9.17) is 4.42 Å². The molecular weight excluding hydrogens is 370 g/mol. The fourth-order valence-electron chi connectivity index (χ4n) is 2.74. The van der Waals surface area contributed by atoms with Gasteiger partial charge in [-0.05, 0) is 48.4 Å². The molecule has 0 unspecified atom stereocenters. The molecule has 7 nitrogen and oxygen atoms in total. The van der Waals surface area contributed by atoms with Crippen molar-refractivity contribution in [2.75, 3.05) is 17.7 Å². The summed E-state index contributed by atoms with van der Waals surface area (Å²) < 4.78 is 5.09. The fraction of sp³-hybridized carbons (Fsp3) is 0.136. The average Bonchev–Trinajstić information content (AvgIpc) is 3.26. The minimum atomic E-state index is -0.397. The van der Waals surface area contributed by atoms with Crippen LogP contribution in [0.2, 0.25) is 0 Å². The molecule has 0 aliphatic rings. The smallest absolute Gasteiger partial charge is 0.291 e. The first-order valence-electron chi connectivity index (χ1n) is 9.03. The van der Waals surface area contributed by atoms with Gasteiger partial charge in [-0.15, -0.1) is 0 Å². The second-order valence-electron chi connectivity index (χ2n) is 6.42. The Hall–Kier alpha value is -3.87. The Morgan fingerprint density at radius 3 is 2.38 bits per heavy atom. The van der Waals surface area contributed by atoms with Crippen LogP contribution in [0, 0.1) is 6.92 Å². The van der Waals surface area contributed by atoms with Crippen LogP contribution in [0.4, 0.5) is 11.4 Å². The van der Waals surface area contributed by atoms with Gasteiger partial charge >= 0.3 is 0 Å². The van der Waals surface area contributed by atoms with E-state index >= 15 is 0 Å². The Kier molecular flexibility index (Phi) is 6.09. The van der Waals surface area contributed by atoms with Crippen molar-refractivity contribution in [3.05, 3.63) is 83.3 Å². The summed E-state index contributed by atoms with van der Waals surface area (Å²) in [6.07, 6.45) is 1.58. The second kappa shape index (κ2) is 8.88. The maximum atomic E-state index is 12.8. The molecule has 0 bridgehead atoms. The third kappa shape index (κ3) is 4.90. The fourth-order valence-corrected chi connectivity index (χ4v) is 2.74. The van der Waals surface area contributed by atoms with Crippen LogP contribution in [0.3, 0.4) is 0 Å². The molecule has 3 amide bonds. The summed E-state index contributed by atoms with van der Waals surface area (Å²) in [5.41, 5.74) is 2.96. The highest BCUT2D eigenvalue weighted by Gasteiger charge is 2.14. The van der Waals surface area contributed by atoms with Gasteiger partial charge in [-0.1, -0.05) is 24.3 Å². The van der Waals surface area contributed by atoms with Crippen LogP contribution in [0.25, 0.3) is 0 Å². The van der Waals surface area contributed by atoms with E-state index in [9.17, 15) is 14.4 Å². The molecule has 0 radical (unpaired) electrons. The van der Waals surface area contributed by atoms with Crippen LogP contribution >= 0.6 is 0 Å². The van der Waals surface area contributed by atoms with Crippen molar-refractivity contribution in [1.29, 1.82) is 0 Å². The number of furan rings is 1. The summed E-state index contributed by atoms with van der Waals surface area (Å²) in [7, 11) is 1.56. The standard InChI is InChI=1S/C22H21N3O4/c1-14-9-10-16(12-18(14)25-22(28)19-8-5-11-29-19)21(27)24-17-7-4-3-6-15(17)13-20(26)23-2/h3-12H,13H2,1-2H3,(H,23,26)(H,24,27)(H,25,28). The molecular formula is C22H21N3O4. The van der Waals surface area contributed by atoms with Gasteiger partial charge in [0.25, 0.3) is 11.8 Å². The zero-order valence-electron chi connectivity index (χ0n) is 16.1. The highest BCUT2D eigenvalue weighted by molar-refractivity contribution is 6.07. The topological polar surface area (TPSA) is 100 Å². The lowest BCUT2D eigenvalue weighted by Gasteiger charge is -2.13. The van der Waals surface area contributed by atoms with E-state index in [0.29, 0.717) is 22.5 Å². The normalized spacial score (nSPS) is 10.3. The minimum absolute atomic E-state index is 0.148. The predicted octanol–water partition coefficient (Wildman–Crippen LogP) is 3.38. The molecule has 1 heterocycles. The van der Waals surface area contributed by atoms with Crippen LogP contribution in [0.5, 0.6) is 0 Å². The van der Waals surface area contributed by atoms with Crippen molar-refractivity contribution < 1.29 is 18.8 Å². The second-order valence-corrected chi connectivity index (χ2v) is 6.42. The van der Waals surface area contributed by atoms with Crippen LogP contribution in [-0.4, -0.2) is 24.8 Å². The van der Waals surface area contributed by atoms with Crippen molar-refractivity contribution in [2.45, 2.75) is 13.3 Å². The minimum Gasteiger partial charge on any atom is -0.459 e. The molecule has 0 aliphatic carbocycles. The van der Waals surface area contributed by atoms with Gasteiger partial charge in [-0.3, -0.25) is 14.4 Å². The summed E-state index contributed by atoms with van der Waals surface area (Å²) in [4.78, 5) is 36.7. The molecule has 3 N–H and O–H groups in total. The van der Waals surface area contributed by atoms with Gasteiger partial charge in [0.15, 0.2) is 5.76 Å². The summed E-state index contributed by atoms with van der Waals surface area (Å²) in [6, 6.07) is 15.3. The summed E-state index contributed by atoms with van der Waals surface area (Å²) in [5.74, 6) is -0.707. The molecule has 2 aromatic carbocycles. The lowest BCUT2D eigenvalue weighted by atomic mass is 10.1. The molecule has 0 atom stereocenters. The van der Waals surface area contributed by atoms with E-state index < -0.39 is 5.91 Å². The molecule has 148 valence electrons. The Morgan fingerprint density at radius 1 is 0.897 bits per heavy atom. The molecule has 3 rings (SSSR count). The van der Waals surface area contributed by atoms with E-state index in [1.165, 1.54) is 6.26 Å². The lowest BCUT2D eigenvalue weighted by molar-refractivity contribution is -0.119. The number of rotatable bonds is 6. The van der Waals surface area contributed by atoms with E-state index in [-0.39, 0.29) is 24.0 Å². The number of likely N-dealkylation sites (N-methyl/N-ethyl adjacent to an activating group) is 1. The molecule has 0 aliphatic heterocycles. The molecule has 0 spiro atoms. The Balaban J connectivity index is 1.78. The number of benzene rings is 2. The van der Waals surface area contributed by atoms with Gasteiger partial charge in [0.2, 0.25) is 5.91 Å². The summed E-state index contributed by atoms with van der Waals surface area (Å²) >= 11 is 0. The number of anilines is 2. The molecule has 0 saturated heterocycles. The van der Waals surface area contributed by atoms with Crippen molar-refractivity contribution >= 4 is 29.1 Å². The number of hydrogen-bond donors (Lipinski definition) is 3. The summed E-state index contributed by atoms with van der Waals surface area (Å²) in [6.45, 7) is 1.83. The molecule has 3 aromatic rings. The first kappa shape index (κ1) is 19.9. The summed E-state index contributed by atoms with van der Waals surface area (Å²) in [5, 5.41) is 8.15. The highest BCUT2D eigenvalue weighted by atomic mass is 16.3. The number of nitrogens with one attached hydrogen (secondary N) is 3. The third-order valence-corrected chi connectivity index (χ3v) is 4.39. The van der Waals surface area contributed by atoms with E-state index in [1.807, 2.05) is 13.0 Å². The van der Waals surface area contributed by atoms with Crippen LogP contribution in [0.15, 0.2) is 65.3 Å². The number of carbonyl (C=O) groups excluding carboxylic acids is 3. The first-order valence-corrected chi connectivity index (χ1v) is 9.03. The quantitative estimate of drug-likeness (QED) is 0.600. The molecule has 0 saturated carbocycles. The Labute approximate surface area is 168 Å². The Bertz CT molecular complexity index is 1040. The average molecular weight is 391 g/mol. The highest BCUT2D eigenvalue weighted by Crippen LogP contribution is 2.21. The maximum Gasteiger partial charge on any atom is 0.291 e. The zero-order valence-corrected chi connectivity index (χ0v) is 16.1. The Morgan fingerprint density at radius 2 is 1.66 bits per heavy atom. The van der Waals surface area contributed by atoms with Gasteiger partial charge in [0, 0.05) is 24.0 Å². The van der Waals surface area contributed by atoms with E-state index in [2.05, 4.69) is 16.0 Å². The predicted molar refractivity (Wildman–Crippen MR) is 110 cm³/mol. The largest absolute Gasteiger partial charge is 0.459 e. The molecule has 0 fully saturated rings. The number of amides is 3. The molecule has 7 heteroatoms. The molecule has 1 aromatic heterocycles. The maximum absolute atomic E-state index is 12.8. The van der Waals surface area contributed by atoms with Crippen molar-refractivity contribution in [3.63, 3.8) is 0 Å². The van der Waals surface area contributed by atoms with Gasteiger partial charge in [-0.25, -0.2) is 0 Å². The SMILES string of the molecule is CNC(=O)Cc1ccccc1NC(=O)c1ccc(C)c(NC(=O)c2ccco2)c1.